The molecule has 1 heterocycles. The van der Waals surface area contributed by atoms with Gasteiger partial charge >= 0.3 is 5.97 Å². The molecule has 5 nitrogen and oxygen atoms in total. The van der Waals surface area contributed by atoms with E-state index in [1.165, 1.54) is 0 Å². The summed E-state index contributed by atoms with van der Waals surface area (Å²) in [6.07, 6.45) is 1.09. The first-order valence-electron chi connectivity index (χ1n) is 6.65. The van der Waals surface area contributed by atoms with Crippen molar-refractivity contribution in [3.63, 3.8) is 0 Å². The van der Waals surface area contributed by atoms with E-state index in [2.05, 4.69) is 31.1 Å². The van der Waals surface area contributed by atoms with Crippen molar-refractivity contribution in [3.8, 4) is 0 Å². The van der Waals surface area contributed by atoms with Crippen molar-refractivity contribution >= 4 is 17.6 Å². The number of esters is 1. The first-order valence-corrected chi connectivity index (χ1v) is 7.18. The molecule has 108 valence electrons. The molecular formula is C13H22ClN3O2. The molecule has 1 atom stereocenters. The molecule has 19 heavy (non-hydrogen) atoms. The molecule has 1 unspecified atom stereocenters. The molecule has 1 aromatic rings. The van der Waals surface area contributed by atoms with E-state index in [0.717, 1.165) is 6.42 Å². The quantitative estimate of drug-likeness (QED) is 0.571. The van der Waals surface area contributed by atoms with Crippen LogP contribution in [-0.4, -0.2) is 27.6 Å². The van der Waals surface area contributed by atoms with Gasteiger partial charge in [-0.1, -0.05) is 26.0 Å². The van der Waals surface area contributed by atoms with Crippen molar-refractivity contribution in [2.75, 3.05) is 6.61 Å². The van der Waals surface area contributed by atoms with Crippen molar-refractivity contribution < 1.29 is 9.53 Å². The third kappa shape index (κ3) is 4.49. The number of nitrogens with zero attached hydrogens (tertiary/aromatic N) is 3. The largest absolute Gasteiger partial charge is 0.461 e. The van der Waals surface area contributed by atoms with Crippen LogP contribution < -0.4 is 0 Å². The normalized spacial score (nSPS) is 12.7. The molecule has 0 N–H and O–H groups in total. The van der Waals surface area contributed by atoms with Gasteiger partial charge in [0, 0.05) is 6.54 Å². The van der Waals surface area contributed by atoms with Gasteiger partial charge in [-0.25, -0.2) is 9.48 Å². The summed E-state index contributed by atoms with van der Waals surface area (Å²) in [7, 11) is 0. The number of hydrogen-bond acceptors (Lipinski definition) is 4. The van der Waals surface area contributed by atoms with Gasteiger partial charge < -0.3 is 4.74 Å². The molecule has 1 rings (SSSR count). The van der Waals surface area contributed by atoms with Gasteiger partial charge in [-0.3, -0.25) is 0 Å². The zero-order chi connectivity index (χ0) is 14.4. The van der Waals surface area contributed by atoms with Gasteiger partial charge in [-0.05, 0) is 25.2 Å². The second-order valence-corrected chi connectivity index (χ2v) is 5.42. The monoisotopic (exact) mass is 287 g/mol. The second-order valence-electron chi connectivity index (χ2n) is 5.16. The lowest BCUT2D eigenvalue weighted by molar-refractivity contribution is 0.0518. The number of alkyl halides is 1. The zero-order valence-corrected chi connectivity index (χ0v) is 12.8. The van der Waals surface area contributed by atoms with E-state index in [-0.39, 0.29) is 11.6 Å². The summed E-state index contributed by atoms with van der Waals surface area (Å²) in [5, 5.41) is 7.91. The van der Waals surface area contributed by atoms with Gasteiger partial charge in [0.15, 0.2) is 5.69 Å². The van der Waals surface area contributed by atoms with E-state index in [1.54, 1.807) is 11.6 Å². The Morgan fingerprint density at radius 1 is 1.42 bits per heavy atom. The van der Waals surface area contributed by atoms with Crippen molar-refractivity contribution in [1.29, 1.82) is 0 Å². The number of aromatic nitrogens is 3. The summed E-state index contributed by atoms with van der Waals surface area (Å²) in [6, 6.07) is 0. The average molecular weight is 288 g/mol. The third-order valence-electron chi connectivity index (χ3n) is 2.79. The molecule has 0 bridgehead atoms. The minimum atomic E-state index is -0.457. The molecule has 0 aliphatic rings. The summed E-state index contributed by atoms with van der Waals surface area (Å²) < 4.78 is 6.65. The Kier molecular flexibility index (Phi) is 6.28. The molecule has 0 saturated carbocycles. The minimum absolute atomic E-state index is 0.204. The van der Waals surface area contributed by atoms with E-state index in [1.807, 2.05) is 0 Å². The van der Waals surface area contributed by atoms with Crippen LogP contribution >= 0.6 is 11.6 Å². The topological polar surface area (TPSA) is 57.0 Å². The first-order chi connectivity index (χ1) is 8.99. The number of hydrogen-bond donors (Lipinski definition) is 0. The van der Waals surface area contributed by atoms with Crippen LogP contribution in [0.2, 0.25) is 0 Å². The van der Waals surface area contributed by atoms with Crippen molar-refractivity contribution in [3.05, 3.63) is 11.4 Å². The maximum atomic E-state index is 11.7. The fourth-order valence-electron chi connectivity index (χ4n) is 2.14. The molecule has 0 aliphatic carbocycles. The van der Waals surface area contributed by atoms with Gasteiger partial charge in [0.05, 0.1) is 18.2 Å². The predicted molar refractivity (Wildman–Crippen MR) is 74.2 cm³/mol. The summed E-state index contributed by atoms with van der Waals surface area (Å²) in [6.45, 7) is 9.32. The summed E-state index contributed by atoms with van der Waals surface area (Å²) >= 11 is 5.90. The van der Waals surface area contributed by atoms with Crippen molar-refractivity contribution in [2.24, 2.45) is 11.8 Å². The fraction of sp³-hybridized carbons (Fsp3) is 0.769. The van der Waals surface area contributed by atoms with E-state index < -0.39 is 5.97 Å². The molecule has 0 saturated heterocycles. The molecule has 0 aliphatic heterocycles. The lowest BCUT2D eigenvalue weighted by atomic mass is 9.99. The molecule has 0 spiro atoms. The maximum Gasteiger partial charge on any atom is 0.360 e. The van der Waals surface area contributed by atoms with E-state index in [4.69, 9.17) is 16.3 Å². The molecule has 0 fully saturated rings. The third-order valence-corrected chi connectivity index (χ3v) is 3.04. The molecule has 0 amide bonds. The standard InChI is InChI=1S/C13H22ClN3O2/c1-5-19-13(18)12-11(7-14)17(16-15-12)8-10(4)6-9(2)3/h9-10H,5-8H2,1-4H3. The highest BCUT2D eigenvalue weighted by Gasteiger charge is 2.21. The van der Waals surface area contributed by atoms with Gasteiger partial charge in [-0.2, -0.15) is 0 Å². The molecule has 1 aromatic heterocycles. The van der Waals surface area contributed by atoms with Gasteiger partial charge in [0.1, 0.15) is 0 Å². The second kappa shape index (κ2) is 7.48. The van der Waals surface area contributed by atoms with Crippen LogP contribution in [0.15, 0.2) is 0 Å². The Morgan fingerprint density at radius 2 is 2.11 bits per heavy atom. The van der Waals surface area contributed by atoms with Crippen LogP contribution in [0.4, 0.5) is 0 Å². The van der Waals surface area contributed by atoms with Crippen molar-refractivity contribution in [2.45, 2.75) is 46.5 Å². The highest BCUT2D eigenvalue weighted by atomic mass is 35.5. The highest BCUT2D eigenvalue weighted by molar-refractivity contribution is 6.17. The lowest BCUT2D eigenvalue weighted by Crippen LogP contribution is -2.14. The lowest BCUT2D eigenvalue weighted by Gasteiger charge is -2.14. The first kappa shape index (κ1) is 16.0. The number of halogens is 1. The Balaban J connectivity index is 2.82. The van der Waals surface area contributed by atoms with Gasteiger partial charge in [0.25, 0.3) is 0 Å². The van der Waals surface area contributed by atoms with Gasteiger partial charge in [0.2, 0.25) is 0 Å². The number of carbonyl (C=O) groups is 1. The summed E-state index contributed by atoms with van der Waals surface area (Å²) in [5.41, 5.74) is 0.865. The van der Waals surface area contributed by atoms with E-state index in [0.29, 0.717) is 30.7 Å². The Labute approximate surface area is 119 Å². The van der Waals surface area contributed by atoms with E-state index >= 15 is 0 Å². The summed E-state index contributed by atoms with van der Waals surface area (Å²) in [5.74, 6) is 0.831. The minimum Gasteiger partial charge on any atom is -0.461 e. The zero-order valence-electron chi connectivity index (χ0n) is 12.0. The predicted octanol–water partition coefficient (Wildman–Crippen LogP) is 2.88. The highest BCUT2D eigenvalue weighted by Crippen LogP contribution is 2.16. The number of carbonyl (C=O) groups excluding carboxylic acids is 1. The van der Waals surface area contributed by atoms with Crippen molar-refractivity contribution in [1.82, 2.24) is 15.0 Å². The fourth-order valence-corrected chi connectivity index (χ4v) is 2.41. The SMILES string of the molecule is CCOC(=O)c1nnn(CC(C)CC(C)C)c1CCl. The smallest absolute Gasteiger partial charge is 0.360 e. The average Bonchev–Trinajstić information content (AvgIpc) is 2.70. The van der Waals surface area contributed by atoms with Crippen LogP contribution in [0.1, 0.15) is 50.3 Å². The Bertz CT molecular complexity index is 418. The molecular weight excluding hydrogens is 266 g/mol. The number of ether oxygens (including phenoxy) is 1. The van der Waals surface area contributed by atoms with Gasteiger partial charge in [-0.15, -0.1) is 16.7 Å². The summed E-state index contributed by atoms with van der Waals surface area (Å²) in [4.78, 5) is 11.7. The molecule has 0 radical (unpaired) electrons. The van der Waals surface area contributed by atoms with Crippen LogP contribution in [0, 0.1) is 11.8 Å². The Hall–Kier alpha value is -1.10. The van der Waals surface area contributed by atoms with Crippen LogP contribution in [0.5, 0.6) is 0 Å². The maximum absolute atomic E-state index is 11.7. The Morgan fingerprint density at radius 3 is 2.63 bits per heavy atom. The van der Waals surface area contributed by atoms with Crippen LogP contribution in [0.3, 0.4) is 0 Å². The van der Waals surface area contributed by atoms with Crippen LogP contribution in [-0.2, 0) is 17.2 Å². The van der Waals surface area contributed by atoms with E-state index in [9.17, 15) is 4.79 Å². The number of rotatable bonds is 7. The molecule has 6 heteroatoms. The van der Waals surface area contributed by atoms with Crippen LogP contribution in [0.25, 0.3) is 0 Å². The molecule has 0 aromatic carbocycles.